The average molecular weight is 318 g/mol. The zero-order valence-electron chi connectivity index (χ0n) is 11.2. The van der Waals surface area contributed by atoms with Crippen LogP contribution < -0.4 is 10.6 Å². The number of carbonyl (C=O) groups is 1. The van der Waals surface area contributed by atoms with Gasteiger partial charge in [-0.15, -0.1) is 24.8 Å². The van der Waals surface area contributed by atoms with Crippen LogP contribution >= 0.6 is 24.8 Å². The van der Waals surface area contributed by atoms with E-state index in [1.165, 1.54) is 12.8 Å². The van der Waals surface area contributed by atoms with Crippen LogP contribution in [0, 0.1) is 5.92 Å². The van der Waals surface area contributed by atoms with Crippen LogP contribution in [0.25, 0.3) is 0 Å². The number of anilines is 1. The van der Waals surface area contributed by atoms with Crippen LogP contribution in [0.5, 0.6) is 0 Å². The number of halogens is 2. The van der Waals surface area contributed by atoms with Gasteiger partial charge in [0.1, 0.15) is 0 Å². The quantitative estimate of drug-likeness (QED) is 0.901. The summed E-state index contributed by atoms with van der Waals surface area (Å²) in [6, 6.07) is 5.01. The minimum Gasteiger partial charge on any atom is -0.325 e. The molecule has 2 N–H and O–H groups in total. The highest BCUT2D eigenvalue weighted by atomic mass is 35.5. The molecule has 3 heterocycles. The number of nitrogens with zero attached hydrogens (tertiary/aromatic N) is 1. The number of aromatic nitrogens is 1. The third kappa shape index (κ3) is 4.33. The molecule has 0 saturated carbocycles. The summed E-state index contributed by atoms with van der Waals surface area (Å²) in [5.74, 6) is 0.662. The fourth-order valence-electron chi connectivity index (χ4n) is 3.25. The summed E-state index contributed by atoms with van der Waals surface area (Å²) < 4.78 is 0. The predicted molar refractivity (Wildman–Crippen MR) is 84.6 cm³/mol. The largest absolute Gasteiger partial charge is 0.325 e. The summed E-state index contributed by atoms with van der Waals surface area (Å²) in [5, 5.41) is 6.52. The molecule has 1 aromatic heterocycles. The summed E-state index contributed by atoms with van der Waals surface area (Å²) >= 11 is 0. The summed E-state index contributed by atoms with van der Waals surface area (Å²) in [5.41, 5.74) is 0.791. The lowest BCUT2D eigenvalue weighted by molar-refractivity contribution is -0.117. The van der Waals surface area contributed by atoms with Gasteiger partial charge in [0, 0.05) is 24.7 Å². The Hall–Kier alpha value is -0.840. The Balaban J connectivity index is 0.000001000. The lowest BCUT2D eigenvalue weighted by Crippen LogP contribution is -2.39. The third-order valence-electron chi connectivity index (χ3n) is 3.99. The van der Waals surface area contributed by atoms with Crippen molar-refractivity contribution in [3.63, 3.8) is 0 Å². The van der Waals surface area contributed by atoms with E-state index in [2.05, 4.69) is 15.6 Å². The van der Waals surface area contributed by atoms with Gasteiger partial charge in [0.2, 0.25) is 5.91 Å². The highest BCUT2D eigenvalue weighted by Crippen LogP contribution is 2.32. The van der Waals surface area contributed by atoms with Gasteiger partial charge in [-0.3, -0.25) is 9.78 Å². The van der Waals surface area contributed by atoms with Gasteiger partial charge in [-0.05, 0) is 43.7 Å². The van der Waals surface area contributed by atoms with E-state index in [1.807, 2.05) is 12.1 Å². The molecule has 2 saturated heterocycles. The van der Waals surface area contributed by atoms with Crippen LogP contribution in [-0.4, -0.2) is 23.0 Å². The molecule has 0 aromatic carbocycles. The smallest absolute Gasteiger partial charge is 0.224 e. The van der Waals surface area contributed by atoms with E-state index in [4.69, 9.17) is 0 Å². The highest BCUT2D eigenvalue weighted by Gasteiger charge is 2.34. The fourth-order valence-corrected chi connectivity index (χ4v) is 3.25. The molecule has 112 valence electrons. The molecular formula is C14H21Cl2N3O. The van der Waals surface area contributed by atoms with E-state index >= 15 is 0 Å². The van der Waals surface area contributed by atoms with Crippen LogP contribution in [0.2, 0.25) is 0 Å². The molecule has 2 bridgehead atoms. The highest BCUT2D eigenvalue weighted by molar-refractivity contribution is 5.90. The van der Waals surface area contributed by atoms with Crippen LogP contribution in [0.1, 0.15) is 32.1 Å². The Morgan fingerprint density at radius 3 is 2.60 bits per heavy atom. The molecule has 2 fully saturated rings. The van der Waals surface area contributed by atoms with Crippen LogP contribution in [0.4, 0.5) is 5.69 Å². The molecule has 0 spiro atoms. The standard InChI is InChI=1S/C14H19N3O.2ClH/c18-14(17-13-2-1-5-15-9-13)8-10-6-11-3-4-12(7-10)16-11;;/h1-2,5,9-12,16H,3-4,6-8H2,(H,17,18);2*1H. The number of rotatable bonds is 3. The number of hydrogen-bond donors (Lipinski definition) is 2. The SMILES string of the molecule is Cl.Cl.O=C(CC1CC2CCC(C1)N2)Nc1cccnc1. The van der Waals surface area contributed by atoms with Crippen molar-refractivity contribution in [1.29, 1.82) is 0 Å². The molecule has 0 aliphatic carbocycles. The van der Waals surface area contributed by atoms with Gasteiger partial charge < -0.3 is 10.6 Å². The van der Waals surface area contributed by atoms with E-state index in [1.54, 1.807) is 12.4 Å². The molecule has 1 amide bonds. The maximum Gasteiger partial charge on any atom is 0.224 e. The molecule has 0 radical (unpaired) electrons. The second-order valence-electron chi connectivity index (χ2n) is 5.47. The lowest BCUT2D eigenvalue weighted by Gasteiger charge is -2.28. The van der Waals surface area contributed by atoms with Crippen molar-refractivity contribution in [2.45, 2.75) is 44.2 Å². The first-order valence-electron chi connectivity index (χ1n) is 6.75. The van der Waals surface area contributed by atoms with Crippen molar-refractivity contribution >= 4 is 36.4 Å². The Labute approximate surface area is 131 Å². The molecule has 1 aromatic rings. The maximum atomic E-state index is 12.0. The monoisotopic (exact) mass is 317 g/mol. The van der Waals surface area contributed by atoms with Gasteiger partial charge in [0.15, 0.2) is 0 Å². The van der Waals surface area contributed by atoms with Crippen molar-refractivity contribution in [3.05, 3.63) is 24.5 Å². The number of carbonyl (C=O) groups excluding carboxylic acids is 1. The number of fused-ring (bicyclic) bond motifs is 2. The van der Waals surface area contributed by atoms with Crippen molar-refractivity contribution in [2.75, 3.05) is 5.32 Å². The van der Waals surface area contributed by atoms with Crippen molar-refractivity contribution in [3.8, 4) is 0 Å². The first kappa shape index (κ1) is 17.2. The minimum atomic E-state index is 0. The summed E-state index contributed by atoms with van der Waals surface area (Å²) in [6.07, 6.45) is 8.90. The van der Waals surface area contributed by atoms with Gasteiger partial charge in [-0.25, -0.2) is 0 Å². The van der Waals surface area contributed by atoms with Gasteiger partial charge >= 0.3 is 0 Å². The zero-order valence-corrected chi connectivity index (χ0v) is 12.9. The number of pyridine rings is 1. The molecule has 6 heteroatoms. The van der Waals surface area contributed by atoms with Gasteiger partial charge in [0.05, 0.1) is 11.9 Å². The second kappa shape index (κ2) is 7.81. The number of amides is 1. The van der Waals surface area contributed by atoms with E-state index < -0.39 is 0 Å². The summed E-state index contributed by atoms with van der Waals surface area (Å²) in [7, 11) is 0. The first-order chi connectivity index (χ1) is 8.79. The topological polar surface area (TPSA) is 54.0 Å². The summed E-state index contributed by atoms with van der Waals surface area (Å²) in [6.45, 7) is 0. The predicted octanol–water partition coefficient (Wildman–Crippen LogP) is 2.78. The van der Waals surface area contributed by atoms with Crippen molar-refractivity contribution < 1.29 is 4.79 Å². The first-order valence-corrected chi connectivity index (χ1v) is 6.75. The number of piperidine rings is 1. The molecule has 2 aliphatic heterocycles. The molecule has 2 aliphatic rings. The summed E-state index contributed by atoms with van der Waals surface area (Å²) in [4.78, 5) is 15.9. The molecule has 2 unspecified atom stereocenters. The third-order valence-corrected chi connectivity index (χ3v) is 3.99. The molecule has 20 heavy (non-hydrogen) atoms. The van der Waals surface area contributed by atoms with Gasteiger partial charge in [-0.1, -0.05) is 0 Å². The van der Waals surface area contributed by atoms with Crippen molar-refractivity contribution in [1.82, 2.24) is 10.3 Å². The van der Waals surface area contributed by atoms with E-state index in [0.717, 1.165) is 18.5 Å². The number of nitrogens with one attached hydrogen (secondary N) is 2. The van der Waals surface area contributed by atoms with Gasteiger partial charge in [-0.2, -0.15) is 0 Å². The van der Waals surface area contributed by atoms with Crippen LogP contribution in [0.3, 0.4) is 0 Å². The van der Waals surface area contributed by atoms with E-state index in [0.29, 0.717) is 24.4 Å². The molecule has 2 atom stereocenters. The lowest BCUT2D eigenvalue weighted by atomic mass is 9.89. The van der Waals surface area contributed by atoms with E-state index in [-0.39, 0.29) is 30.7 Å². The number of hydrogen-bond acceptors (Lipinski definition) is 3. The Morgan fingerprint density at radius 1 is 1.30 bits per heavy atom. The van der Waals surface area contributed by atoms with Crippen molar-refractivity contribution in [2.24, 2.45) is 5.92 Å². The Kier molecular flexibility index (Phi) is 6.72. The van der Waals surface area contributed by atoms with Gasteiger partial charge in [0.25, 0.3) is 0 Å². The molecule has 3 rings (SSSR count). The maximum absolute atomic E-state index is 12.0. The normalized spacial score (nSPS) is 27.1. The Bertz CT molecular complexity index is 418. The van der Waals surface area contributed by atoms with Crippen LogP contribution in [0.15, 0.2) is 24.5 Å². The molecule has 4 nitrogen and oxygen atoms in total. The molecular weight excluding hydrogens is 297 g/mol. The fraction of sp³-hybridized carbons (Fsp3) is 0.571. The van der Waals surface area contributed by atoms with Crippen LogP contribution in [-0.2, 0) is 4.79 Å². The zero-order chi connectivity index (χ0) is 12.4. The Morgan fingerprint density at radius 2 is 2.00 bits per heavy atom. The average Bonchev–Trinajstić information content (AvgIpc) is 2.70. The minimum absolute atomic E-state index is 0. The second-order valence-corrected chi connectivity index (χ2v) is 5.47. The van der Waals surface area contributed by atoms with E-state index in [9.17, 15) is 4.79 Å².